The number of hydrogen-bond acceptors (Lipinski definition) is 9. The molecule has 17 heteroatoms. The van der Waals surface area contributed by atoms with E-state index in [9.17, 15) is 28.8 Å². The molecule has 4 aliphatic rings. The van der Waals surface area contributed by atoms with Gasteiger partial charge in [0.05, 0.1) is 29.1 Å². The first-order chi connectivity index (χ1) is 36.9. The summed E-state index contributed by atoms with van der Waals surface area (Å²) in [7, 11) is 1.71. The van der Waals surface area contributed by atoms with Crippen molar-refractivity contribution in [2.45, 2.75) is 115 Å². The summed E-state index contributed by atoms with van der Waals surface area (Å²) in [6.45, 7) is 7.04. The SMILES string of the molecule is CC(c1ccc(C#CC2CCN(C(=O)CCCCCC(=O)N3CCC(c4ccc5c(c4)n(C)c(=O)n5C4CCC(=O)NC4=O)CC3)CC2)c2ccccc12)N1CCC(C(=O)NCc2ccc3cncn3c2)CC1.O=CO. The smallest absolute Gasteiger partial charge is 0.329 e. The molecule has 0 radical (unpaired) electrons. The largest absolute Gasteiger partial charge is 0.483 e. The van der Waals surface area contributed by atoms with Gasteiger partial charge in [-0.25, -0.2) is 9.78 Å². The topological polar surface area (TPSA) is 201 Å². The van der Waals surface area contributed by atoms with Crippen LogP contribution in [0, 0.1) is 23.7 Å². The van der Waals surface area contributed by atoms with Crippen LogP contribution < -0.4 is 16.3 Å². The minimum Gasteiger partial charge on any atom is -0.483 e. The highest BCUT2D eigenvalue weighted by molar-refractivity contribution is 6.00. The van der Waals surface area contributed by atoms with Crippen LogP contribution in [-0.2, 0) is 42.4 Å². The van der Waals surface area contributed by atoms with Gasteiger partial charge in [0, 0.05) is 88.7 Å². The highest BCUT2D eigenvalue weighted by atomic mass is 16.3. The zero-order chi connectivity index (χ0) is 53.3. The summed E-state index contributed by atoms with van der Waals surface area (Å²) >= 11 is 0. The van der Waals surface area contributed by atoms with Crippen LogP contribution in [0.2, 0.25) is 0 Å². The molecule has 4 fully saturated rings. The number of carboxylic acid groups (broad SMARTS) is 1. The molecular formula is C59H69N9O8. The van der Waals surface area contributed by atoms with Crippen LogP contribution in [0.3, 0.4) is 0 Å². The van der Waals surface area contributed by atoms with Crippen molar-refractivity contribution < 1.29 is 33.9 Å². The summed E-state index contributed by atoms with van der Waals surface area (Å²) in [5.74, 6) is 7.32. The van der Waals surface area contributed by atoms with E-state index in [2.05, 4.69) is 75.7 Å². The second-order valence-electron chi connectivity index (χ2n) is 20.9. The molecule has 4 saturated heterocycles. The molecule has 0 bridgehead atoms. The quantitative estimate of drug-likeness (QED) is 0.0476. The predicted molar refractivity (Wildman–Crippen MR) is 289 cm³/mol. The first-order valence-corrected chi connectivity index (χ1v) is 27.0. The lowest BCUT2D eigenvalue weighted by molar-refractivity contribution is -0.136. The lowest BCUT2D eigenvalue weighted by Crippen LogP contribution is -2.44. The monoisotopic (exact) mass is 1030 g/mol. The first kappa shape index (κ1) is 53.3. The molecule has 0 spiro atoms. The van der Waals surface area contributed by atoms with Crippen molar-refractivity contribution in [2.24, 2.45) is 18.9 Å². The number of rotatable bonds is 13. The maximum absolute atomic E-state index is 13.2. The number of hydrogen-bond donors (Lipinski definition) is 3. The molecule has 17 nitrogen and oxygen atoms in total. The average Bonchev–Trinajstić information content (AvgIpc) is 4.03. The van der Waals surface area contributed by atoms with Crippen molar-refractivity contribution in [3.63, 3.8) is 0 Å². The Morgan fingerprint density at radius 1 is 0.816 bits per heavy atom. The number of aromatic nitrogens is 4. The molecule has 10 rings (SSSR count). The summed E-state index contributed by atoms with van der Waals surface area (Å²) in [6.07, 6.45) is 14.5. The van der Waals surface area contributed by atoms with Crippen LogP contribution in [0.1, 0.15) is 131 Å². The van der Waals surface area contributed by atoms with E-state index in [0.717, 1.165) is 104 Å². The van der Waals surface area contributed by atoms with Crippen LogP contribution in [0.4, 0.5) is 0 Å². The Kier molecular flexibility index (Phi) is 17.1. The van der Waals surface area contributed by atoms with E-state index in [1.165, 1.54) is 15.5 Å². The van der Waals surface area contributed by atoms with Gasteiger partial charge < -0.3 is 24.6 Å². The third kappa shape index (κ3) is 12.1. The standard InChI is InChI=1S/C58H67N9O6.CH2O2/c1-39(63-30-26-44(27-31-63)56(71)60-35-41-13-17-46-36-59-38-66(46)37-41)47-18-15-43(48-8-6-7-9-49(47)48)14-12-40-22-28-64(29-23-40)54(69)10-4-3-5-11-55(70)65-32-24-42(25-33-65)45-16-19-50-52(34-45)62(2)58(73)67(50)51-20-21-53(68)61-57(51)72;2-1-3/h6-9,13,15-19,34,36-40,42,44,51H,3-5,10-11,20-33,35H2,1-2H3,(H,60,71)(H,61,68,72);1H,(H,2,3). The number of likely N-dealkylation sites (tertiary alicyclic amines) is 3. The Balaban J connectivity index is 0.00000230. The van der Waals surface area contributed by atoms with Gasteiger partial charge in [-0.15, -0.1) is 0 Å². The number of carbonyl (C=O) groups is 6. The van der Waals surface area contributed by atoms with Crippen molar-refractivity contribution in [2.75, 3.05) is 39.3 Å². The number of aryl methyl sites for hydroxylation is 1. The third-order valence-electron chi connectivity index (χ3n) is 16.3. The molecule has 3 N–H and O–H groups in total. The van der Waals surface area contributed by atoms with E-state index in [0.29, 0.717) is 57.5 Å². The number of nitrogens with zero attached hydrogens (tertiary/aromatic N) is 7. The van der Waals surface area contributed by atoms with E-state index in [1.807, 2.05) is 56.9 Å². The highest BCUT2D eigenvalue weighted by Crippen LogP contribution is 2.34. The molecule has 4 aliphatic heterocycles. The Morgan fingerprint density at radius 2 is 1.50 bits per heavy atom. The fraction of sp³-hybridized carbons (Fsp3) is 0.458. The number of imide groups is 1. The van der Waals surface area contributed by atoms with E-state index >= 15 is 0 Å². The van der Waals surface area contributed by atoms with E-state index in [-0.39, 0.29) is 66.0 Å². The molecule has 0 saturated carbocycles. The molecular weight excluding hydrogens is 963 g/mol. The fourth-order valence-corrected chi connectivity index (χ4v) is 11.8. The zero-order valence-electron chi connectivity index (χ0n) is 43.6. The average molecular weight is 1030 g/mol. The first-order valence-electron chi connectivity index (χ1n) is 27.0. The Morgan fingerprint density at radius 3 is 2.20 bits per heavy atom. The summed E-state index contributed by atoms with van der Waals surface area (Å²) in [5.41, 5.74) is 6.65. The molecule has 7 heterocycles. The van der Waals surface area contributed by atoms with Crippen LogP contribution in [0.5, 0.6) is 0 Å². The van der Waals surface area contributed by atoms with E-state index in [1.54, 1.807) is 17.9 Å². The second-order valence-corrected chi connectivity index (χ2v) is 20.9. The summed E-state index contributed by atoms with van der Waals surface area (Å²) in [4.78, 5) is 96.2. The molecule has 3 aromatic carbocycles. The molecule has 5 amide bonds. The Hall–Kier alpha value is -7.58. The lowest BCUT2D eigenvalue weighted by Gasteiger charge is -2.36. The Bertz CT molecular complexity index is 3230. The summed E-state index contributed by atoms with van der Waals surface area (Å²) < 4.78 is 5.05. The van der Waals surface area contributed by atoms with Crippen LogP contribution in [0.15, 0.2) is 90.2 Å². The molecule has 2 atom stereocenters. The minimum absolute atomic E-state index is 0.00694. The molecule has 0 aliphatic carbocycles. The predicted octanol–water partition coefficient (Wildman–Crippen LogP) is 6.86. The fourth-order valence-electron chi connectivity index (χ4n) is 11.8. The summed E-state index contributed by atoms with van der Waals surface area (Å²) in [6, 6.07) is 22.5. The van der Waals surface area contributed by atoms with Gasteiger partial charge in [-0.05, 0) is 135 Å². The number of amides is 5. The molecule has 3 aromatic heterocycles. The minimum atomic E-state index is -0.716. The van der Waals surface area contributed by atoms with Crippen molar-refractivity contribution in [1.82, 2.24) is 43.9 Å². The number of unbranched alkanes of at least 4 members (excludes halogenated alkanes) is 2. The van der Waals surface area contributed by atoms with Gasteiger partial charge in [0.15, 0.2) is 0 Å². The molecule has 76 heavy (non-hydrogen) atoms. The summed E-state index contributed by atoms with van der Waals surface area (Å²) in [5, 5.41) is 14.8. The molecule has 2 unspecified atom stereocenters. The normalized spacial score (nSPS) is 18.4. The number of nitrogens with one attached hydrogen (secondary N) is 2. The van der Waals surface area contributed by atoms with Crippen LogP contribution in [-0.4, -0.2) is 114 Å². The van der Waals surface area contributed by atoms with Gasteiger partial charge in [-0.2, -0.15) is 0 Å². The number of fused-ring (bicyclic) bond motifs is 3. The number of pyridine rings is 1. The van der Waals surface area contributed by atoms with Gasteiger partial charge in [-0.3, -0.25) is 48.1 Å². The number of piperidine rings is 4. The lowest BCUT2D eigenvalue weighted by atomic mass is 9.89. The van der Waals surface area contributed by atoms with Gasteiger partial charge in [0.2, 0.25) is 29.5 Å². The molecule has 6 aromatic rings. The van der Waals surface area contributed by atoms with Gasteiger partial charge >= 0.3 is 5.69 Å². The number of carbonyl (C=O) groups excluding carboxylic acids is 5. The maximum atomic E-state index is 13.2. The number of benzene rings is 3. The van der Waals surface area contributed by atoms with E-state index < -0.39 is 11.9 Å². The number of imidazole rings is 2. The van der Waals surface area contributed by atoms with E-state index in [4.69, 9.17) is 9.90 Å². The van der Waals surface area contributed by atoms with Crippen molar-refractivity contribution in [3.05, 3.63) is 118 Å². The molecule has 398 valence electrons. The van der Waals surface area contributed by atoms with Crippen molar-refractivity contribution in [1.29, 1.82) is 0 Å². The van der Waals surface area contributed by atoms with Crippen molar-refractivity contribution in [3.8, 4) is 11.8 Å². The zero-order valence-corrected chi connectivity index (χ0v) is 43.6. The van der Waals surface area contributed by atoms with Crippen LogP contribution in [0.25, 0.3) is 27.3 Å². The van der Waals surface area contributed by atoms with Crippen molar-refractivity contribution >= 4 is 63.3 Å². The van der Waals surface area contributed by atoms with Gasteiger partial charge in [-0.1, -0.05) is 60.7 Å². The van der Waals surface area contributed by atoms with Crippen LogP contribution >= 0.6 is 0 Å². The Labute approximate surface area is 442 Å². The highest BCUT2D eigenvalue weighted by Gasteiger charge is 2.33. The maximum Gasteiger partial charge on any atom is 0.329 e. The van der Waals surface area contributed by atoms with Gasteiger partial charge in [0.25, 0.3) is 6.47 Å². The van der Waals surface area contributed by atoms with Gasteiger partial charge in [0.1, 0.15) is 6.04 Å². The second kappa shape index (κ2) is 24.4. The third-order valence-corrected chi connectivity index (χ3v) is 16.3.